The summed E-state index contributed by atoms with van der Waals surface area (Å²) in [4.78, 5) is 0. The van der Waals surface area contributed by atoms with Crippen molar-refractivity contribution >= 4 is 11.6 Å². The Morgan fingerprint density at radius 3 is 2.56 bits per heavy atom. The zero-order valence-electron chi connectivity index (χ0n) is 11.3. The van der Waals surface area contributed by atoms with Crippen LogP contribution in [0.25, 0.3) is 0 Å². The topological polar surface area (TPSA) is 21.3 Å². The molecular weight excluding hydrogens is 246 g/mol. The zero-order chi connectivity index (χ0) is 12.4. The van der Waals surface area contributed by atoms with Crippen molar-refractivity contribution in [1.29, 1.82) is 0 Å². The molecule has 3 atom stereocenters. The summed E-state index contributed by atoms with van der Waals surface area (Å²) in [5, 5.41) is 4.00. The molecule has 1 spiro atoms. The molecule has 3 aliphatic rings. The Bertz CT molecular complexity index is 278. The Balaban J connectivity index is 1.37. The average Bonchev–Trinajstić information content (AvgIpc) is 3.06. The summed E-state index contributed by atoms with van der Waals surface area (Å²) in [5.74, 6) is 0.688. The first-order valence-electron chi connectivity index (χ1n) is 7.80. The molecule has 0 amide bonds. The van der Waals surface area contributed by atoms with Crippen molar-refractivity contribution in [2.24, 2.45) is 5.92 Å². The highest BCUT2D eigenvalue weighted by molar-refractivity contribution is 6.20. The van der Waals surface area contributed by atoms with Crippen molar-refractivity contribution < 1.29 is 4.74 Å². The Kier molecular flexibility index (Phi) is 4.17. The summed E-state index contributed by atoms with van der Waals surface area (Å²) in [6.07, 6.45) is 12.2. The average molecular weight is 272 g/mol. The van der Waals surface area contributed by atoms with Crippen LogP contribution in [0.2, 0.25) is 0 Å². The molecule has 3 fully saturated rings. The third-order valence-corrected chi connectivity index (χ3v) is 5.77. The van der Waals surface area contributed by atoms with Gasteiger partial charge in [0.1, 0.15) is 0 Å². The van der Waals surface area contributed by atoms with Gasteiger partial charge in [-0.1, -0.05) is 19.3 Å². The molecule has 1 aliphatic heterocycles. The van der Waals surface area contributed by atoms with Crippen molar-refractivity contribution in [3.05, 3.63) is 0 Å². The second-order valence-corrected chi connectivity index (χ2v) is 7.09. The van der Waals surface area contributed by atoms with Crippen LogP contribution in [0, 0.1) is 5.92 Å². The third-order valence-electron chi connectivity index (χ3n) is 5.20. The Labute approximate surface area is 116 Å². The van der Waals surface area contributed by atoms with Gasteiger partial charge < -0.3 is 10.1 Å². The number of rotatable bonds is 4. The molecule has 104 valence electrons. The van der Waals surface area contributed by atoms with E-state index in [0.29, 0.717) is 17.4 Å². The molecule has 0 bridgehead atoms. The summed E-state index contributed by atoms with van der Waals surface area (Å²) in [5.41, 5.74) is 0.286. The Morgan fingerprint density at radius 2 is 1.83 bits per heavy atom. The normalized spacial score (nSPS) is 38.8. The summed E-state index contributed by atoms with van der Waals surface area (Å²) >= 11 is 6.30. The maximum Gasteiger partial charge on any atom is 0.0708 e. The van der Waals surface area contributed by atoms with Gasteiger partial charge in [0.05, 0.1) is 11.7 Å². The molecule has 0 aromatic heterocycles. The van der Waals surface area contributed by atoms with Gasteiger partial charge in [-0.25, -0.2) is 0 Å². The maximum absolute atomic E-state index is 6.31. The first kappa shape index (κ1) is 13.2. The highest BCUT2D eigenvalue weighted by Gasteiger charge is 2.41. The van der Waals surface area contributed by atoms with Crippen LogP contribution >= 0.6 is 11.6 Å². The van der Waals surface area contributed by atoms with Gasteiger partial charge in [0.25, 0.3) is 0 Å². The molecule has 2 nitrogen and oxygen atoms in total. The number of alkyl halides is 1. The van der Waals surface area contributed by atoms with Gasteiger partial charge in [-0.2, -0.15) is 0 Å². The SMILES string of the molecule is ClC1CCCC1CNCC1CCC2(CCCC2)O1. The van der Waals surface area contributed by atoms with Crippen molar-refractivity contribution in [3.63, 3.8) is 0 Å². The Hall–Kier alpha value is 0.210. The Morgan fingerprint density at radius 1 is 1.00 bits per heavy atom. The minimum atomic E-state index is 0.286. The summed E-state index contributed by atoms with van der Waals surface area (Å²) in [6.45, 7) is 2.11. The van der Waals surface area contributed by atoms with Gasteiger partial charge in [0, 0.05) is 11.9 Å². The van der Waals surface area contributed by atoms with Gasteiger partial charge in [-0.05, 0) is 51.0 Å². The largest absolute Gasteiger partial charge is 0.370 e. The minimum absolute atomic E-state index is 0.286. The highest BCUT2D eigenvalue weighted by atomic mass is 35.5. The predicted molar refractivity (Wildman–Crippen MR) is 75.2 cm³/mol. The van der Waals surface area contributed by atoms with Crippen molar-refractivity contribution in [3.8, 4) is 0 Å². The molecule has 3 unspecified atom stereocenters. The maximum atomic E-state index is 6.31. The smallest absolute Gasteiger partial charge is 0.0708 e. The van der Waals surface area contributed by atoms with Gasteiger partial charge >= 0.3 is 0 Å². The number of hydrogen-bond donors (Lipinski definition) is 1. The van der Waals surface area contributed by atoms with Crippen LogP contribution in [0.1, 0.15) is 57.8 Å². The summed E-state index contributed by atoms with van der Waals surface area (Å²) in [7, 11) is 0. The van der Waals surface area contributed by atoms with Crippen LogP contribution in [0.5, 0.6) is 0 Å². The monoisotopic (exact) mass is 271 g/mol. The van der Waals surface area contributed by atoms with E-state index in [9.17, 15) is 0 Å². The number of halogens is 1. The van der Waals surface area contributed by atoms with E-state index < -0.39 is 0 Å². The van der Waals surface area contributed by atoms with E-state index in [0.717, 1.165) is 13.1 Å². The highest BCUT2D eigenvalue weighted by Crippen LogP contribution is 2.43. The first-order chi connectivity index (χ1) is 8.77. The van der Waals surface area contributed by atoms with Gasteiger partial charge in [-0.3, -0.25) is 0 Å². The summed E-state index contributed by atoms with van der Waals surface area (Å²) < 4.78 is 6.31. The summed E-state index contributed by atoms with van der Waals surface area (Å²) in [6, 6.07) is 0. The van der Waals surface area contributed by atoms with E-state index in [1.165, 1.54) is 57.8 Å². The molecular formula is C15H26ClNO. The number of nitrogens with one attached hydrogen (secondary N) is 1. The molecule has 2 saturated carbocycles. The molecule has 18 heavy (non-hydrogen) atoms. The lowest BCUT2D eigenvalue weighted by Gasteiger charge is -2.24. The third kappa shape index (κ3) is 2.86. The molecule has 1 heterocycles. The van der Waals surface area contributed by atoms with Gasteiger partial charge in [0.15, 0.2) is 0 Å². The van der Waals surface area contributed by atoms with Crippen LogP contribution in [0.3, 0.4) is 0 Å². The molecule has 1 saturated heterocycles. The van der Waals surface area contributed by atoms with Crippen molar-refractivity contribution in [1.82, 2.24) is 5.32 Å². The van der Waals surface area contributed by atoms with Crippen molar-refractivity contribution in [2.75, 3.05) is 13.1 Å². The minimum Gasteiger partial charge on any atom is -0.370 e. The molecule has 0 aromatic rings. The molecule has 0 aromatic carbocycles. The van der Waals surface area contributed by atoms with E-state index in [4.69, 9.17) is 16.3 Å². The quantitative estimate of drug-likeness (QED) is 0.791. The molecule has 2 aliphatic carbocycles. The molecule has 0 radical (unpaired) electrons. The first-order valence-corrected chi connectivity index (χ1v) is 8.24. The van der Waals surface area contributed by atoms with E-state index in [2.05, 4.69) is 5.32 Å². The van der Waals surface area contributed by atoms with E-state index in [1.807, 2.05) is 0 Å². The fraction of sp³-hybridized carbons (Fsp3) is 1.00. The van der Waals surface area contributed by atoms with Crippen molar-refractivity contribution in [2.45, 2.75) is 74.9 Å². The lowest BCUT2D eigenvalue weighted by atomic mass is 9.98. The van der Waals surface area contributed by atoms with E-state index >= 15 is 0 Å². The lowest BCUT2D eigenvalue weighted by molar-refractivity contribution is -0.0352. The second-order valence-electron chi connectivity index (χ2n) is 6.53. The fourth-order valence-electron chi connectivity index (χ4n) is 4.08. The fourth-order valence-corrected chi connectivity index (χ4v) is 4.45. The predicted octanol–water partition coefficient (Wildman–Crippen LogP) is 3.48. The van der Waals surface area contributed by atoms with Crippen LogP contribution in [-0.4, -0.2) is 30.2 Å². The van der Waals surface area contributed by atoms with E-state index in [-0.39, 0.29) is 5.60 Å². The van der Waals surface area contributed by atoms with Crippen LogP contribution in [0.4, 0.5) is 0 Å². The molecule has 1 N–H and O–H groups in total. The van der Waals surface area contributed by atoms with Crippen LogP contribution in [-0.2, 0) is 4.74 Å². The second kappa shape index (κ2) is 5.68. The van der Waals surface area contributed by atoms with Gasteiger partial charge in [-0.15, -0.1) is 11.6 Å². The lowest BCUT2D eigenvalue weighted by Crippen LogP contribution is -2.34. The zero-order valence-corrected chi connectivity index (χ0v) is 12.1. The number of ether oxygens (including phenoxy) is 1. The van der Waals surface area contributed by atoms with Crippen LogP contribution < -0.4 is 5.32 Å². The molecule has 3 heteroatoms. The van der Waals surface area contributed by atoms with Crippen LogP contribution in [0.15, 0.2) is 0 Å². The number of hydrogen-bond acceptors (Lipinski definition) is 2. The molecule has 3 rings (SSSR count). The standard InChI is InChI=1S/C15H26ClNO/c16-14-5-3-4-12(14)10-17-11-13-6-9-15(18-13)7-1-2-8-15/h12-14,17H,1-11H2. The van der Waals surface area contributed by atoms with E-state index in [1.54, 1.807) is 0 Å². The van der Waals surface area contributed by atoms with Gasteiger partial charge in [0.2, 0.25) is 0 Å².